The number of amides is 1. The molecule has 60 heavy (non-hydrogen) atoms. The van der Waals surface area contributed by atoms with Crippen molar-refractivity contribution in [1.82, 2.24) is 5.32 Å². The first-order valence-electron chi connectivity index (χ1n) is 24.8. The molecule has 3 atom stereocenters. The van der Waals surface area contributed by atoms with Gasteiger partial charge >= 0.3 is 5.97 Å². The van der Waals surface area contributed by atoms with Crippen LogP contribution in [0.5, 0.6) is 0 Å². The van der Waals surface area contributed by atoms with Gasteiger partial charge in [-0.15, -0.1) is 0 Å². The second-order valence-corrected chi connectivity index (χ2v) is 16.5. The standard InChI is InChI=1S/C54H93NO5/c1-4-7-10-13-16-19-22-24-25-26-27-28-29-30-32-35-38-41-44-47-54(59)60-50(45-42-39-36-33-31-23-20-17-14-11-8-5-2)48-53(58)55-51(49-56)52(57)46-43-40-37-34-21-18-15-12-9-6-3/h7,10,16,19,24-25,27-28,30,32-33,36,38,41,50-52,56-57H,4-6,8-9,11-15,17-18,20-23,26,29,31,34-35,37,39-40,42-49H2,1-3H3,(H,55,58)/b10-7-,19-16-,25-24-,28-27-,32-30-,36-33-,41-38-. The zero-order valence-corrected chi connectivity index (χ0v) is 39.1. The molecule has 0 saturated heterocycles. The molecular weight excluding hydrogens is 743 g/mol. The van der Waals surface area contributed by atoms with Gasteiger partial charge in [-0.3, -0.25) is 9.59 Å². The number of nitrogens with one attached hydrogen (secondary N) is 1. The molecule has 0 spiro atoms. The summed E-state index contributed by atoms with van der Waals surface area (Å²) in [7, 11) is 0. The van der Waals surface area contributed by atoms with E-state index in [1.807, 2.05) is 6.08 Å². The highest BCUT2D eigenvalue weighted by Crippen LogP contribution is 2.16. The Labute approximate surface area is 370 Å². The van der Waals surface area contributed by atoms with E-state index in [2.05, 4.69) is 105 Å². The Hall–Kier alpha value is -2.96. The summed E-state index contributed by atoms with van der Waals surface area (Å²) >= 11 is 0. The Morgan fingerprint density at radius 1 is 0.500 bits per heavy atom. The average Bonchev–Trinajstić information content (AvgIpc) is 3.24. The highest BCUT2D eigenvalue weighted by Gasteiger charge is 2.23. The molecule has 0 aliphatic carbocycles. The third kappa shape index (κ3) is 41.8. The minimum absolute atomic E-state index is 0.0227. The first-order valence-corrected chi connectivity index (χ1v) is 24.8. The van der Waals surface area contributed by atoms with Crippen LogP contribution in [0.15, 0.2) is 85.1 Å². The number of ether oxygens (including phenoxy) is 1. The van der Waals surface area contributed by atoms with Crippen molar-refractivity contribution < 1.29 is 24.5 Å². The van der Waals surface area contributed by atoms with Gasteiger partial charge in [0.15, 0.2) is 0 Å². The van der Waals surface area contributed by atoms with Crippen molar-refractivity contribution in [1.29, 1.82) is 0 Å². The summed E-state index contributed by atoms with van der Waals surface area (Å²) in [5.74, 6) is -0.609. The molecule has 0 heterocycles. The van der Waals surface area contributed by atoms with Crippen LogP contribution in [0.25, 0.3) is 0 Å². The quantitative estimate of drug-likeness (QED) is 0.0323. The minimum Gasteiger partial charge on any atom is -0.462 e. The zero-order chi connectivity index (χ0) is 43.8. The summed E-state index contributed by atoms with van der Waals surface area (Å²) in [6, 6.07) is -0.727. The second kappa shape index (κ2) is 47.1. The molecule has 0 saturated carbocycles. The molecule has 0 bridgehead atoms. The number of hydrogen-bond donors (Lipinski definition) is 3. The molecule has 0 aromatic heterocycles. The first-order chi connectivity index (χ1) is 29.5. The van der Waals surface area contributed by atoms with Crippen molar-refractivity contribution in [3.8, 4) is 0 Å². The van der Waals surface area contributed by atoms with Gasteiger partial charge in [0.25, 0.3) is 0 Å². The van der Waals surface area contributed by atoms with Gasteiger partial charge in [0.05, 0.1) is 25.2 Å². The average molecular weight is 836 g/mol. The molecule has 6 heteroatoms. The van der Waals surface area contributed by atoms with Crippen LogP contribution in [-0.4, -0.2) is 46.9 Å². The number of unbranched alkanes of at least 4 members (excludes halogenated alkanes) is 17. The lowest BCUT2D eigenvalue weighted by Crippen LogP contribution is -2.46. The van der Waals surface area contributed by atoms with E-state index >= 15 is 0 Å². The van der Waals surface area contributed by atoms with Gasteiger partial charge in [0, 0.05) is 6.42 Å². The Morgan fingerprint density at radius 2 is 0.917 bits per heavy atom. The van der Waals surface area contributed by atoms with Crippen LogP contribution in [-0.2, 0) is 14.3 Å². The molecular formula is C54H93NO5. The number of hydrogen-bond acceptors (Lipinski definition) is 5. The highest BCUT2D eigenvalue weighted by atomic mass is 16.5. The summed E-state index contributed by atoms with van der Waals surface area (Å²) in [5.41, 5.74) is 0. The van der Waals surface area contributed by atoms with Crippen molar-refractivity contribution in [3.05, 3.63) is 85.1 Å². The summed E-state index contributed by atoms with van der Waals surface area (Å²) < 4.78 is 5.86. The summed E-state index contributed by atoms with van der Waals surface area (Å²) in [4.78, 5) is 26.0. The molecule has 6 nitrogen and oxygen atoms in total. The zero-order valence-electron chi connectivity index (χ0n) is 39.1. The normalized spacial score (nSPS) is 14.0. The van der Waals surface area contributed by atoms with Crippen LogP contribution < -0.4 is 5.32 Å². The lowest BCUT2D eigenvalue weighted by Gasteiger charge is -2.24. The van der Waals surface area contributed by atoms with Gasteiger partial charge < -0.3 is 20.3 Å². The largest absolute Gasteiger partial charge is 0.462 e. The molecule has 3 N–H and O–H groups in total. The Balaban J connectivity index is 4.72. The smallest absolute Gasteiger partial charge is 0.306 e. The number of esters is 1. The summed E-state index contributed by atoms with van der Waals surface area (Å²) in [6.07, 6.45) is 60.8. The highest BCUT2D eigenvalue weighted by molar-refractivity contribution is 5.77. The number of aliphatic hydroxyl groups excluding tert-OH is 2. The first kappa shape index (κ1) is 57.0. The fourth-order valence-electron chi connectivity index (χ4n) is 6.98. The Bertz CT molecular complexity index is 1160. The summed E-state index contributed by atoms with van der Waals surface area (Å²) in [5, 5.41) is 23.6. The third-order valence-corrected chi connectivity index (χ3v) is 10.7. The summed E-state index contributed by atoms with van der Waals surface area (Å²) in [6.45, 7) is 6.31. The van der Waals surface area contributed by atoms with Crippen LogP contribution >= 0.6 is 0 Å². The molecule has 0 fully saturated rings. The number of carbonyl (C=O) groups excluding carboxylic acids is 2. The molecule has 344 valence electrons. The van der Waals surface area contributed by atoms with Crippen LogP contribution in [0, 0.1) is 0 Å². The van der Waals surface area contributed by atoms with Gasteiger partial charge in [-0.25, -0.2) is 0 Å². The van der Waals surface area contributed by atoms with E-state index in [1.165, 1.54) is 89.9 Å². The van der Waals surface area contributed by atoms with Gasteiger partial charge in [-0.2, -0.15) is 0 Å². The SMILES string of the molecule is CC/C=C\C/C=C\C/C=C\C/C=C\C/C=C\C/C=C\CCC(=O)OC(CCC/C=C\CCCCCCCCC)CC(=O)NC(CO)C(O)CCCCCCCCCCCC. The Morgan fingerprint density at radius 3 is 1.40 bits per heavy atom. The molecule has 1 amide bonds. The maximum atomic E-state index is 13.1. The second-order valence-electron chi connectivity index (χ2n) is 16.5. The number of carbonyl (C=O) groups is 2. The van der Waals surface area contributed by atoms with Crippen LogP contribution in [0.4, 0.5) is 0 Å². The molecule has 3 unspecified atom stereocenters. The topological polar surface area (TPSA) is 95.9 Å². The molecule has 0 aromatic carbocycles. The van der Waals surface area contributed by atoms with Crippen molar-refractivity contribution >= 4 is 11.9 Å². The van der Waals surface area contributed by atoms with E-state index in [0.717, 1.165) is 77.0 Å². The minimum atomic E-state index is -0.808. The monoisotopic (exact) mass is 836 g/mol. The molecule has 0 radical (unpaired) electrons. The number of rotatable bonds is 43. The van der Waals surface area contributed by atoms with E-state index in [0.29, 0.717) is 19.3 Å². The maximum Gasteiger partial charge on any atom is 0.306 e. The lowest BCUT2D eigenvalue weighted by atomic mass is 10.0. The van der Waals surface area contributed by atoms with Crippen molar-refractivity contribution in [2.75, 3.05) is 6.61 Å². The predicted molar refractivity (Wildman–Crippen MR) is 259 cm³/mol. The molecule has 0 rings (SSSR count). The maximum absolute atomic E-state index is 13.1. The van der Waals surface area contributed by atoms with E-state index in [-0.39, 0.29) is 31.3 Å². The van der Waals surface area contributed by atoms with E-state index < -0.39 is 18.2 Å². The van der Waals surface area contributed by atoms with Crippen molar-refractivity contribution in [2.45, 2.75) is 238 Å². The fraction of sp³-hybridized carbons (Fsp3) is 0.704. The van der Waals surface area contributed by atoms with Crippen LogP contribution in [0.1, 0.15) is 220 Å². The number of aliphatic hydroxyl groups is 2. The van der Waals surface area contributed by atoms with E-state index in [1.54, 1.807) is 0 Å². The predicted octanol–water partition coefficient (Wildman–Crippen LogP) is 14.8. The molecule has 0 aliphatic rings. The van der Waals surface area contributed by atoms with Gasteiger partial charge in [-0.1, -0.05) is 209 Å². The molecule has 0 aliphatic heterocycles. The van der Waals surface area contributed by atoms with Crippen LogP contribution in [0.2, 0.25) is 0 Å². The van der Waals surface area contributed by atoms with Crippen LogP contribution in [0.3, 0.4) is 0 Å². The third-order valence-electron chi connectivity index (χ3n) is 10.7. The van der Waals surface area contributed by atoms with E-state index in [9.17, 15) is 19.8 Å². The van der Waals surface area contributed by atoms with Gasteiger partial charge in [-0.05, 0) is 83.5 Å². The Kier molecular flexibility index (Phi) is 44.8. The van der Waals surface area contributed by atoms with Gasteiger partial charge in [0.1, 0.15) is 6.10 Å². The lowest BCUT2D eigenvalue weighted by molar-refractivity contribution is -0.150. The fourth-order valence-corrected chi connectivity index (χ4v) is 6.98. The van der Waals surface area contributed by atoms with E-state index in [4.69, 9.17) is 4.74 Å². The molecule has 0 aromatic rings. The van der Waals surface area contributed by atoms with Gasteiger partial charge in [0.2, 0.25) is 5.91 Å². The van der Waals surface area contributed by atoms with Crippen molar-refractivity contribution in [3.63, 3.8) is 0 Å². The number of allylic oxidation sites excluding steroid dienone is 14. The van der Waals surface area contributed by atoms with Crippen molar-refractivity contribution in [2.24, 2.45) is 0 Å².